The van der Waals surface area contributed by atoms with Crippen LogP contribution in [0.4, 0.5) is 11.8 Å². The van der Waals surface area contributed by atoms with E-state index in [1.54, 1.807) is 6.20 Å². The highest BCUT2D eigenvalue weighted by atomic mass is 15.4. The highest BCUT2D eigenvalue weighted by Crippen LogP contribution is 2.25. The number of nitrogens with zero attached hydrogens (tertiary/aromatic N) is 4. The quantitative estimate of drug-likeness (QED) is 0.592. The zero-order chi connectivity index (χ0) is 17.2. The van der Waals surface area contributed by atoms with E-state index in [9.17, 15) is 0 Å². The Morgan fingerprint density at radius 2 is 1.84 bits per heavy atom. The molecule has 1 N–H and O–H groups in total. The molecule has 0 fully saturated rings. The van der Waals surface area contributed by atoms with E-state index in [1.165, 1.54) is 5.56 Å². The molecule has 5 nitrogen and oxygen atoms in total. The van der Waals surface area contributed by atoms with E-state index < -0.39 is 0 Å². The first-order valence-corrected chi connectivity index (χ1v) is 8.35. The third kappa shape index (κ3) is 3.08. The fourth-order valence-corrected chi connectivity index (χ4v) is 2.79. The predicted octanol–water partition coefficient (Wildman–Crippen LogP) is 4.66. The van der Waals surface area contributed by atoms with Gasteiger partial charge in [-0.25, -0.2) is 9.50 Å². The molecule has 3 heterocycles. The molecule has 0 amide bonds. The van der Waals surface area contributed by atoms with Crippen LogP contribution in [0.1, 0.15) is 25.3 Å². The van der Waals surface area contributed by atoms with Gasteiger partial charge in [0.2, 0.25) is 5.95 Å². The topological polar surface area (TPSA) is 55.1 Å². The smallest absolute Gasteiger partial charge is 0.248 e. The number of pyridine rings is 2. The minimum absolute atomic E-state index is 0.483. The first-order valence-electron chi connectivity index (χ1n) is 8.35. The normalized spacial score (nSPS) is 11.2. The van der Waals surface area contributed by atoms with Gasteiger partial charge in [-0.3, -0.25) is 0 Å². The SMILES string of the molecule is CC(C)c1cccc(-c2cccc3nc(Nc4ccccn4)nn23)c1. The number of rotatable bonds is 4. The number of fused-ring (bicyclic) bond motifs is 1. The molecule has 5 heteroatoms. The molecule has 4 aromatic rings. The zero-order valence-electron chi connectivity index (χ0n) is 14.2. The molecule has 4 rings (SSSR count). The second kappa shape index (κ2) is 6.36. The van der Waals surface area contributed by atoms with Crippen molar-refractivity contribution in [3.63, 3.8) is 0 Å². The predicted molar refractivity (Wildman–Crippen MR) is 100 cm³/mol. The molecule has 0 unspecified atom stereocenters. The molecule has 0 spiro atoms. The molecule has 0 aliphatic heterocycles. The Labute approximate surface area is 146 Å². The lowest BCUT2D eigenvalue weighted by atomic mass is 9.99. The van der Waals surface area contributed by atoms with Gasteiger partial charge in [0.1, 0.15) is 5.82 Å². The fraction of sp³-hybridized carbons (Fsp3) is 0.150. The average Bonchev–Trinajstić information content (AvgIpc) is 3.05. The summed E-state index contributed by atoms with van der Waals surface area (Å²) in [5, 5.41) is 7.76. The summed E-state index contributed by atoms with van der Waals surface area (Å²) in [7, 11) is 0. The molecule has 0 aliphatic rings. The monoisotopic (exact) mass is 329 g/mol. The molecule has 1 aromatic carbocycles. The number of anilines is 2. The molecule has 124 valence electrons. The van der Waals surface area contributed by atoms with Crippen molar-refractivity contribution in [3.8, 4) is 11.3 Å². The minimum Gasteiger partial charge on any atom is -0.307 e. The Hall–Kier alpha value is -3.21. The summed E-state index contributed by atoms with van der Waals surface area (Å²) < 4.78 is 1.87. The molecule has 0 radical (unpaired) electrons. The summed E-state index contributed by atoms with van der Waals surface area (Å²) in [6, 6.07) is 20.3. The van der Waals surface area contributed by atoms with Gasteiger partial charge < -0.3 is 5.32 Å². The summed E-state index contributed by atoms with van der Waals surface area (Å²) in [5.74, 6) is 1.74. The number of hydrogen-bond donors (Lipinski definition) is 1. The second-order valence-electron chi connectivity index (χ2n) is 6.24. The van der Waals surface area contributed by atoms with Crippen LogP contribution in [-0.2, 0) is 0 Å². The second-order valence-corrected chi connectivity index (χ2v) is 6.24. The van der Waals surface area contributed by atoms with E-state index in [0.29, 0.717) is 11.9 Å². The maximum absolute atomic E-state index is 4.61. The Morgan fingerprint density at radius 3 is 2.64 bits per heavy atom. The molecule has 0 bridgehead atoms. The van der Waals surface area contributed by atoms with Gasteiger partial charge in [-0.2, -0.15) is 4.98 Å². The number of aromatic nitrogens is 4. The largest absolute Gasteiger partial charge is 0.307 e. The summed E-state index contributed by atoms with van der Waals surface area (Å²) in [5.41, 5.74) is 4.25. The highest BCUT2D eigenvalue weighted by Gasteiger charge is 2.10. The summed E-state index contributed by atoms with van der Waals surface area (Å²) in [6.45, 7) is 4.40. The van der Waals surface area contributed by atoms with E-state index in [2.05, 4.69) is 64.6 Å². The third-order valence-corrected chi connectivity index (χ3v) is 4.11. The molecule has 0 atom stereocenters. The Balaban J connectivity index is 1.76. The summed E-state index contributed by atoms with van der Waals surface area (Å²) in [4.78, 5) is 8.81. The summed E-state index contributed by atoms with van der Waals surface area (Å²) in [6.07, 6.45) is 1.74. The Morgan fingerprint density at radius 1 is 0.960 bits per heavy atom. The third-order valence-electron chi connectivity index (χ3n) is 4.11. The molecule has 0 saturated heterocycles. The van der Waals surface area contributed by atoms with Crippen LogP contribution < -0.4 is 5.32 Å². The average molecular weight is 329 g/mol. The molecule has 0 aliphatic carbocycles. The Bertz CT molecular complexity index is 1000. The van der Waals surface area contributed by atoms with Crippen molar-refractivity contribution in [2.24, 2.45) is 0 Å². The maximum Gasteiger partial charge on any atom is 0.248 e. The lowest BCUT2D eigenvalue weighted by Crippen LogP contribution is -1.97. The Kier molecular flexibility index (Phi) is 3.90. The first-order chi connectivity index (χ1) is 12.2. The standard InChI is InChI=1S/C20H19N5/c1-14(2)15-7-5-8-16(13-15)17-9-6-11-19-23-20(24-25(17)19)22-18-10-3-4-12-21-18/h3-14H,1-2H3,(H,21,22,24). The van der Waals surface area contributed by atoms with Gasteiger partial charge in [-0.05, 0) is 41.8 Å². The summed E-state index contributed by atoms with van der Waals surface area (Å²) >= 11 is 0. The molecule has 0 saturated carbocycles. The van der Waals surface area contributed by atoms with Gasteiger partial charge in [0, 0.05) is 11.8 Å². The molecular formula is C20H19N5. The molecular weight excluding hydrogens is 310 g/mol. The van der Waals surface area contributed by atoms with Gasteiger partial charge in [0.25, 0.3) is 0 Å². The van der Waals surface area contributed by atoms with Crippen LogP contribution in [0.15, 0.2) is 66.9 Å². The van der Waals surface area contributed by atoms with Crippen molar-refractivity contribution in [2.45, 2.75) is 19.8 Å². The van der Waals surface area contributed by atoms with Crippen molar-refractivity contribution >= 4 is 17.4 Å². The van der Waals surface area contributed by atoms with E-state index in [1.807, 2.05) is 34.8 Å². The van der Waals surface area contributed by atoms with Gasteiger partial charge in [0.15, 0.2) is 5.65 Å². The molecule has 3 aromatic heterocycles. The van der Waals surface area contributed by atoms with Crippen LogP contribution in [-0.4, -0.2) is 19.6 Å². The van der Waals surface area contributed by atoms with E-state index in [-0.39, 0.29) is 0 Å². The van der Waals surface area contributed by atoms with Crippen molar-refractivity contribution in [1.29, 1.82) is 0 Å². The van der Waals surface area contributed by atoms with Crippen LogP contribution in [0.5, 0.6) is 0 Å². The lowest BCUT2D eigenvalue weighted by Gasteiger charge is -2.09. The number of hydrogen-bond acceptors (Lipinski definition) is 4. The van der Waals surface area contributed by atoms with Crippen LogP contribution >= 0.6 is 0 Å². The van der Waals surface area contributed by atoms with Gasteiger partial charge in [0.05, 0.1) is 5.69 Å². The van der Waals surface area contributed by atoms with Gasteiger partial charge in [-0.1, -0.05) is 44.2 Å². The minimum atomic E-state index is 0.483. The first kappa shape index (κ1) is 15.3. The van der Waals surface area contributed by atoms with Crippen LogP contribution in [0.2, 0.25) is 0 Å². The van der Waals surface area contributed by atoms with E-state index in [0.717, 1.165) is 22.7 Å². The maximum atomic E-state index is 4.61. The van der Waals surface area contributed by atoms with E-state index >= 15 is 0 Å². The van der Waals surface area contributed by atoms with Crippen molar-refractivity contribution in [1.82, 2.24) is 19.6 Å². The number of nitrogens with one attached hydrogen (secondary N) is 1. The fourth-order valence-electron chi connectivity index (χ4n) is 2.79. The van der Waals surface area contributed by atoms with Gasteiger partial charge >= 0.3 is 0 Å². The number of benzene rings is 1. The van der Waals surface area contributed by atoms with Gasteiger partial charge in [-0.15, -0.1) is 5.10 Å². The van der Waals surface area contributed by atoms with E-state index in [4.69, 9.17) is 0 Å². The van der Waals surface area contributed by atoms with Crippen LogP contribution in [0.25, 0.3) is 16.9 Å². The lowest BCUT2D eigenvalue weighted by molar-refractivity contribution is 0.866. The zero-order valence-corrected chi connectivity index (χ0v) is 14.2. The highest BCUT2D eigenvalue weighted by molar-refractivity contribution is 5.65. The van der Waals surface area contributed by atoms with Crippen molar-refractivity contribution in [3.05, 3.63) is 72.4 Å². The van der Waals surface area contributed by atoms with Crippen molar-refractivity contribution in [2.75, 3.05) is 5.32 Å². The van der Waals surface area contributed by atoms with Crippen LogP contribution in [0.3, 0.4) is 0 Å². The van der Waals surface area contributed by atoms with Crippen LogP contribution in [0, 0.1) is 0 Å². The molecule has 25 heavy (non-hydrogen) atoms. The van der Waals surface area contributed by atoms with Crippen molar-refractivity contribution < 1.29 is 0 Å².